The average Bonchev–Trinajstić information content (AvgIpc) is 3.35. The Labute approximate surface area is 186 Å². The van der Waals surface area contributed by atoms with Gasteiger partial charge in [0.15, 0.2) is 0 Å². The number of piperidine rings is 1. The van der Waals surface area contributed by atoms with Crippen molar-refractivity contribution in [2.24, 2.45) is 11.8 Å². The molecule has 0 aromatic heterocycles. The van der Waals surface area contributed by atoms with Crippen LogP contribution in [0.1, 0.15) is 68.9 Å². The highest BCUT2D eigenvalue weighted by Crippen LogP contribution is 2.49. The molecule has 5 nitrogen and oxygen atoms in total. The first kappa shape index (κ1) is 23.1. The zero-order chi connectivity index (χ0) is 20.4. The molecule has 0 radical (unpaired) electrons. The number of likely N-dealkylation sites (tertiary alicyclic amines) is 1. The first-order valence-electron chi connectivity index (χ1n) is 11.4. The maximum absolute atomic E-state index is 13.0. The van der Waals surface area contributed by atoms with E-state index < -0.39 is 0 Å². The van der Waals surface area contributed by atoms with E-state index in [0.717, 1.165) is 51.7 Å². The van der Waals surface area contributed by atoms with Gasteiger partial charge in [-0.1, -0.05) is 38.1 Å². The molecule has 30 heavy (non-hydrogen) atoms. The van der Waals surface area contributed by atoms with E-state index in [0.29, 0.717) is 30.2 Å². The molecule has 2 saturated heterocycles. The SMILES string of the molecule is CC(C)c1ccc(C2CC2C(=O)N2CCCC(CNC(=O)C3CCCN3)C2)cc1.Cl. The molecule has 2 aliphatic heterocycles. The lowest BCUT2D eigenvalue weighted by Gasteiger charge is -2.33. The van der Waals surface area contributed by atoms with Crippen LogP contribution in [0.4, 0.5) is 0 Å². The van der Waals surface area contributed by atoms with Gasteiger partial charge in [-0.2, -0.15) is 0 Å². The number of nitrogens with one attached hydrogen (secondary N) is 2. The van der Waals surface area contributed by atoms with E-state index in [4.69, 9.17) is 0 Å². The van der Waals surface area contributed by atoms with E-state index in [1.165, 1.54) is 11.1 Å². The van der Waals surface area contributed by atoms with E-state index in [-0.39, 0.29) is 30.3 Å². The Hall–Kier alpha value is -1.59. The summed E-state index contributed by atoms with van der Waals surface area (Å²) in [4.78, 5) is 27.3. The number of carbonyl (C=O) groups excluding carboxylic acids is 2. The summed E-state index contributed by atoms with van der Waals surface area (Å²) >= 11 is 0. The molecule has 1 aliphatic carbocycles. The number of hydrogen-bond acceptors (Lipinski definition) is 3. The zero-order valence-electron chi connectivity index (χ0n) is 18.2. The molecule has 4 unspecified atom stereocenters. The molecule has 2 heterocycles. The van der Waals surface area contributed by atoms with Crippen LogP contribution in [-0.4, -0.2) is 48.9 Å². The van der Waals surface area contributed by atoms with E-state index in [1.807, 2.05) is 0 Å². The van der Waals surface area contributed by atoms with Crippen molar-refractivity contribution in [2.45, 2.75) is 63.8 Å². The number of hydrogen-bond donors (Lipinski definition) is 2. The average molecular weight is 434 g/mol. The molecule has 4 rings (SSSR count). The zero-order valence-corrected chi connectivity index (χ0v) is 19.0. The van der Waals surface area contributed by atoms with Crippen LogP contribution in [0.25, 0.3) is 0 Å². The summed E-state index contributed by atoms with van der Waals surface area (Å²) in [6.07, 6.45) is 5.11. The van der Waals surface area contributed by atoms with Gasteiger partial charge in [0.25, 0.3) is 0 Å². The van der Waals surface area contributed by atoms with Crippen LogP contribution in [0, 0.1) is 11.8 Å². The maximum Gasteiger partial charge on any atom is 0.237 e. The summed E-state index contributed by atoms with van der Waals surface area (Å²) in [7, 11) is 0. The molecule has 2 N–H and O–H groups in total. The second-order valence-corrected chi connectivity index (χ2v) is 9.46. The molecule has 3 aliphatic rings. The molecule has 1 aromatic carbocycles. The highest BCUT2D eigenvalue weighted by Gasteiger charge is 2.46. The molecule has 1 aromatic rings. The third kappa shape index (κ3) is 5.36. The predicted octanol–water partition coefficient (Wildman–Crippen LogP) is 3.44. The Morgan fingerprint density at radius 3 is 2.60 bits per heavy atom. The van der Waals surface area contributed by atoms with E-state index in [1.54, 1.807) is 0 Å². The molecule has 166 valence electrons. The van der Waals surface area contributed by atoms with E-state index >= 15 is 0 Å². The van der Waals surface area contributed by atoms with Crippen LogP contribution in [0.5, 0.6) is 0 Å². The van der Waals surface area contributed by atoms with Gasteiger partial charge in [-0.3, -0.25) is 9.59 Å². The predicted molar refractivity (Wildman–Crippen MR) is 122 cm³/mol. The molecule has 0 bridgehead atoms. The van der Waals surface area contributed by atoms with Crippen molar-refractivity contribution < 1.29 is 9.59 Å². The molecule has 1 saturated carbocycles. The van der Waals surface area contributed by atoms with Crippen LogP contribution in [0.2, 0.25) is 0 Å². The van der Waals surface area contributed by atoms with Gasteiger partial charge in [0.05, 0.1) is 6.04 Å². The van der Waals surface area contributed by atoms with Crippen molar-refractivity contribution in [3.8, 4) is 0 Å². The van der Waals surface area contributed by atoms with Crippen molar-refractivity contribution in [1.82, 2.24) is 15.5 Å². The summed E-state index contributed by atoms with van der Waals surface area (Å²) in [6.45, 7) is 7.68. The van der Waals surface area contributed by atoms with E-state index in [9.17, 15) is 9.59 Å². The molecule has 4 atom stereocenters. The van der Waals surface area contributed by atoms with Crippen molar-refractivity contribution in [2.75, 3.05) is 26.2 Å². The van der Waals surface area contributed by atoms with Gasteiger partial charge in [0.1, 0.15) is 0 Å². The Balaban J connectivity index is 0.00000256. The van der Waals surface area contributed by atoms with Crippen LogP contribution >= 0.6 is 12.4 Å². The number of rotatable bonds is 6. The molecule has 3 fully saturated rings. The van der Waals surface area contributed by atoms with Gasteiger partial charge in [-0.05, 0) is 67.5 Å². The van der Waals surface area contributed by atoms with Gasteiger partial charge in [0.2, 0.25) is 11.8 Å². The summed E-state index contributed by atoms with van der Waals surface area (Å²) < 4.78 is 0. The fourth-order valence-electron chi connectivity index (χ4n) is 4.91. The lowest BCUT2D eigenvalue weighted by atomic mass is 9.97. The fraction of sp³-hybridized carbons (Fsp3) is 0.667. The molecular weight excluding hydrogens is 398 g/mol. The van der Waals surface area contributed by atoms with Crippen LogP contribution in [0.15, 0.2) is 24.3 Å². The molecule has 6 heteroatoms. The normalized spacial score (nSPS) is 28.2. The van der Waals surface area contributed by atoms with Gasteiger partial charge >= 0.3 is 0 Å². The Kier molecular flexibility index (Phi) is 7.81. The van der Waals surface area contributed by atoms with Gasteiger partial charge in [-0.25, -0.2) is 0 Å². The molecule has 2 amide bonds. The van der Waals surface area contributed by atoms with Crippen molar-refractivity contribution in [1.29, 1.82) is 0 Å². The number of benzene rings is 1. The fourth-order valence-corrected chi connectivity index (χ4v) is 4.91. The minimum Gasteiger partial charge on any atom is -0.354 e. The van der Waals surface area contributed by atoms with Crippen molar-refractivity contribution in [3.63, 3.8) is 0 Å². The third-order valence-electron chi connectivity index (χ3n) is 6.91. The topological polar surface area (TPSA) is 61.4 Å². The van der Waals surface area contributed by atoms with E-state index in [2.05, 4.69) is 53.6 Å². The summed E-state index contributed by atoms with van der Waals surface area (Å²) in [5.74, 6) is 1.89. The third-order valence-corrected chi connectivity index (χ3v) is 6.91. The second-order valence-electron chi connectivity index (χ2n) is 9.46. The summed E-state index contributed by atoms with van der Waals surface area (Å²) in [6, 6.07) is 8.81. The van der Waals surface area contributed by atoms with Crippen LogP contribution < -0.4 is 10.6 Å². The summed E-state index contributed by atoms with van der Waals surface area (Å²) in [5.41, 5.74) is 2.66. The van der Waals surface area contributed by atoms with Crippen molar-refractivity contribution in [3.05, 3.63) is 35.4 Å². The molecule has 0 spiro atoms. The standard InChI is InChI=1S/C24H35N3O2.ClH/c1-16(2)18-7-9-19(10-8-18)20-13-21(20)24(29)27-12-4-5-17(15-27)14-26-23(28)22-6-3-11-25-22;/h7-10,16-17,20-22,25H,3-6,11-15H2,1-2H3,(H,26,28);1H. The van der Waals surface area contributed by atoms with Crippen LogP contribution in [-0.2, 0) is 9.59 Å². The minimum absolute atomic E-state index is 0. The highest BCUT2D eigenvalue weighted by molar-refractivity contribution is 5.85. The van der Waals surface area contributed by atoms with Gasteiger partial charge < -0.3 is 15.5 Å². The second kappa shape index (κ2) is 10.1. The maximum atomic E-state index is 13.0. The van der Waals surface area contributed by atoms with Crippen LogP contribution in [0.3, 0.4) is 0 Å². The summed E-state index contributed by atoms with van der Waals surface area (Å²) in [5, 5.41) is 6.36. The van der Waals surface area contributed by atoms with Crippen molar-refractivity contribution >= 4 is 24.2 Å². The first-order chi connectivity index (χ1) is 14.0. The van der Waals surface area contributed by atoms with Gasteiger partial charge in [-0.15, -0.1) is 12.4 Å². The Morgan fingerprint density at radius 2 is 1.93 bits per heavy atom. The number of carbonyl (C=O) groups is 2. The molecular formula is C24H36ClN3O2. The number of amides is 2. The Bertz CT molecular complexity index is 730. The first-order valence-corrected chi connectivity index (χ1v) is 11.4. The van der Waals surface area contributed by atoms with Gasteiger partial charge in [0, 0.05) is 25.6 Å². The minimum atomic E-state index is -0.0226. The Morgan fingerprint density at radius 1 is 1.17 bits per heavy atom. The largest absolute Gasteiger partial charge is 0.354 e. The highest BCUT2D eigenvalue weighted by atomic mass is 35.5. The number of halogens is 1. The number of nitrogens with zero attached hydrogens (tertiary/aromatic N) is 1. The lowest BCUT2D eigenvalue weighted by Crippen LogP contribution is -2.47. The lowest BCUT2D eigenvalue weighted by molar-refractivity contribution is -0.134. The monoisotopic (exact) mass is 433 g/mol. The quantitative estimate of drug-likeness (QED) is 0.722. The smallest absolute Gasteiger partial charge is 0.237 e.